The molecule has 0 spiro atoms. The van der Waals surface area contributed by atoms with Crippen molar-refractivity contribution >= 4 is 27.5 Å². The first-order valence-corrected chi connectivity index (χ1v) is 8.93. The van der Waals surface area contributed by atoms with E-state index >= 15 is 0 Å². The molecular formula is C16H14F3N5O2S. The number of halogens is 3. The Kier molecular flexibility index (Phi) is 4.06. The summed E-state index contributed by atoms with van der Waals surface area (Å²) >= 11 is 0.975. The first kappa shape index (κ1) is 17.7. The maximum atomic E-state index is 13.0. The van der Waals surface area contributed by atoms with E-state index in [1.807, 2.05) is 0 Å². The third-order valence-electron chi connectivity index (χ3n) is 4.59. The fraction of sp³-hybridized carbons (Fsp3) is 0.375. The van der Waals surface area contributed by atoms with Gasteiger partial charge in [0.05, 0.1) is 16.9 Å². The van der Waals surface area contributed by atoms with Crippen LogP contribution in [0.15, 0.2) is 23.3 Å². The van der Waals surface area contributed by atoms with Crippen LogP contribution in [-0.4, -0.2) is 31.7 Å². The smallest absolute Gasteiger partial charge is 0.349 e. The second-order valence-electron chi connectivity index (χ2n) is 6.47. The van der Waals surface area contributed by atoms with E-state index in [-0.39, 0.29) is 27.8 Å². The largest absolute Gasteiger partial charge is 0.435 e. The molecule has 0 atom stereocenters. The summed E-state index contributed by atoms with van der Waals surface area (Å²) in [6, 6.07) is 2.56. The second kappa shape index (κ2) is 6.19. The van der Waals surface area contributed by atoms with Gasteiger partial charge in [-0.25, -0.2) is 4.98 Å². The molecule has 11 heteroatoms. The summed E-state index contributed by atoms with van der Waals surface area (Å²) in [5, 5.41) is 6.25. The Hall–Kier alpha value is -2.69. The highest BCUT2D eigenvalue weighted by Crippen LogP contribution is 2.38. The molecule has 0 bridgehead atoms. The second-order valence-corrected chi connectivity index (χ2v) is 7.50. The lowest BCUT2D eigenvalue weighted by Crippen LogP contribution is -2.43. The molecule has 4 rings (SSSR count). The number of rotatable bonds is 3. The van der Waals surface area contributed by atoms with Crippen molar-refractivity contribution in [1.29, 1.82) is 0 Å². The number of nitrogens with zero attached hydrogens (tertiary/aromatic N) is 3. The maximum Gasteiger partial charge on any atom is 0.435 e. The van der Waals surface area contributed by atoms with Crippen molar-refractivity contribution in [2.24, 2.45) is 7.05 Å². The number of alkyl halides is 3. The van der Waals surface area contributed by atoms with Gasteiger partial charge in [0, 0.05) is 30.5 Å². The monoisotopic (exact) mass is 397 g/mol. The van der Waals surface area contributed by atoms with E-state index in [0.717, 1.165) is 16.0 Å². The zero-order chi connectivity index (χ0) is 19.3. The Labute approximate surface area is 154 Å². The van der Waals surface area contributed by atoms with E-state index in [1.165, 1.54) is 25.5 Å². The number of aryl methyl sites for hydroxylation is 1. The zero-order valence-corrected chi connectivity index (χ0v) is 14.8. The number of carbonyl (C=O) groups excluding carboxylic acids is 1. The van der Waals surface area contributed by atoms with Crippen LogP contribution < -0.4 is 10.9 Å². The molecule has 0 aromatic carbocycles. The van der Waals surface area contributed by atoms with E-state index < -0.39 is 17.8 Å². The van der Waals surface area contributed by atoms with Gasteiger partial charge in [0.1, 0.15) is 4.83 Å². The van der Waals surface area contributed by atoms with E-state index in [1.54, 1.807) is 0 Å². The summed E-state index contributed by atoms with van der Waals surface area (Å²) in [5.41, 5.74) is -0.543. The molecule has 1 aliphatic carbocycles. The molecule has 1 fully saturated rings. The van der Waals surface area contributed by atoms with Crippen molar-refractivity contribution < 1.29 is 18.0 Å². The molecular weight excluding hydrogens is 383 g/mol. The number of H-pyrrole nitrogens is 1. The molecule has 3 heterocycles. The number of aromatic nitrogens is 4. The van der Waals surface area contributed by atoms with Crippen molar-refractivity contribution in [3.63, 3.8) is 0 Å². The SMILES string of the molecule is Cn1nc(C(F)(F)F)c2cc(C(=O)NC3CC(c4cc(=O)[nH]cn4)C3)sc21. The molecule has 0 saturated heterocycles. The standard InChI is InChI=1S/C16H14F3N5O2S/c1-24-15-9(13(23-24)16(17,18)19)4-11(27-15)14(26)22-8-2-7(3-8)10-5-12(25)21-6-20-10/h4-8H,2-3H2,1H3,(H,22,26)(H,20,21,25). The van der Waals surface area contributed by atoms with Gasteiger partial charge in [-0.05, 0) is 18.9 Å². The number of thiophene rings is 1. The summed E-state index contributed by atoms with van der Waals surface area (Å²) in [6.07, 6.45) is -1.98. The molecule has 142 valence electrons. The highest BCUT2D eigenvalue weighted by atomic mass is 32.1. The first-order valence-electron chi connectivity index (χ1n) is 8.11. The molecule has 1 saturated carbocycles. The minimum absolute atomic E-state index is 0.0700. The summed E-state index contributed by atoms with van der Waals surface area (Å²) in [5.74, 6) is -0.326. The normalized spacial score (nSPS) is 19.9. The van der Waals surface area contributed by atoms with Crippen molar-refractivity contribution in [3.8, 4) is 0 Å². The molecule has 1 amide bonds. The molecule has 3 aromatic heterocycles. The third-order valence-corrected chi connectivity index (χ3v) is 5.80. The van der Waals surface area contributed by atoms with Gasteiger partial charge in [0.25, 0.3) is 11.5 Å². The Morgan fingerprint density at radius 2 is 2.11 bits per heavy atom. The number of hydrogen-bond acceptors (Lipinski definition) is 5. The first-order chi connectivity index (χ1) is 12.7. The van der Waals surface area contributed by atoms with E-state index in [0.29, 0.717) is 23.4 Å². The maximum absolute atomic E-state index is 13.0. The van der Waals surface area contributed by atoms with E-state index in [2.05, 4.69) is 20.4 Å². The van der Waals surface area contributed by atoms with Gasteiger partial charge >= 0.3 is 6.18 Å². The fourth-order valence-corrected chi connectivity index (χ4v) is 4.18. The molecule has 2 N–H and O–H groups in total. The molecule has 0 radical (unpaired) electrons. The highest BCUT2D eigenvalue weighted by molar-refractivity contribution is 7.20. The lowest BCUT2D eigenvalue weighted by atomic mass is 9.78. The predicted octanol–water partition coefficient (Wildman–Crippen LogP) is 2.41. The van der Waals surface area contributed by atoms with Crippen molar-refractivity contribution in [1.82, 2.24) is 25.1 Å². The predicted molar refractivity (Wildman–Crippen MR) is 91.7 cm³/mol. The van der Waals surface area contributed by atoms with E-state index in [4.69, 9.17) is 0 Å². The third kappa shape index (κ3) is 3.22. The fourth-order valence-electron chi connectivity index (χ4n) is 3.20. The Morgan fingerprint density at radius 1 is 1.37 bits per heavy atom. The minimum atomic E-state index is -4.57. The highest BCUT2D eigenvalue weighted by Gasteiger charge is 2.38. The van der Waals surface area contributed by atoms with Gasteiger partial charge in [0.2, 0.25) is 0 Å². The average molecular weight is 397 g/mol. The molecule has 1 aliphatic rings. The molecule has 27 heavy (non-hydrogen) atoms. The Balaban J connectivity index is 1.46. The van der Waals surface area contributed by atoms with Crippen LogP contribution >= 0.6 is 11.3 Å². The minimum Gasteiger partial charge on any atom is -0.349 e. The van der Waals surface area contributed by atoms with Crippen molar-refractivity contribution in [2.45, 2.75) is 31.0 Å². The van der Waals surface area contributed by atoms with Crippen LogP contribution in [0.2, 0.25) is 0 Å². The van der Waals surface area contributed by atoms with Crippen LogP contribution in [-0.2, 0) is 13.2 Å². The quantitative estimate of drug-likeness (QED) is 0.710. The molecule has 3 aromatic rings. The van der Waals surface area contributed by atoms with Crippen LogP contribution in [0.1, 0.15) is 39.8 Å². The summed E-state index contributed by atoms with van der Waals surface area (Å²) < 4.78 is 40.3. The zero-order valence-electron chi connectivity index (χ0n) is 14.0. The number of hydrogen-bond donors (Lipinski definition) is 2. The van der Waals surface area contributed by atoms with Crippen molar-refractivity contribution in [3.05, 3.63) is 45.1 Å². The molecule has 7 nitrogen and oxygen atoms in total. The van der Waals surface area contributed by atoms with Gasteiger partial charge in [0.15, 0.2) is 5.69 Å². The van der Waals surface area contributed by atoms with Crippen LogP contribution in [0.5, 0.6) is 0 Å². The van der Waals surface area contributed by atoms with Crippen LogP contribution in [0.3, 0.4) is 0 Å². The van der Waals surface area contributed by atoms with Crippen LogP contribution in [0, 0.1) is 0 Å². The Bertz CT molecular complexity index is 1080. The lowest BCUT2D eigenvalue weighted by molar-refractivity contribution is -0.140. The topological polar surface area (TPSA) is 92.7 Å². The van der Waals surface area contributed by atoms with Gasteiger partial charge in [-0.2, -0.15) is 18.3 Å². The van der Waals surface area contributed by atoms with Gasteiger partial charge < -0.3 is 10.3 Å². The van der Waals surface area contributed by atoms with Gasteiger partial charge in [-0.1, -0.05) is 0 Å². The number of aromatic amines is 1. The molecule has 0 unspecified atom stereocenters. The number of amides is 1. The summed E-state index contributed by atoms with van der Waals surface area (Å²) in [4.78, 5) is 30.8. The summed E-state index contributed by atoms with van der Waals surface area (Å²) in [6.45, 7) is 0. The number of nitrogens with one attached hydrogen (secondary N) is 2. The number of carbonyl (C=O) groups is 1. The van der Waals surface area contributed by atoms with Gasteiger partial charge in [-0.3, -0.25) is 14.3 Å². The summed E-state index contributed by atoms with van der Waals surface area (Å²) in [7, 11) is 1.42. The van der Waals surface area contributed by atoms with Gasteiger partial charge in [-0.15, -0.1) is 11.3 Å². The Morgan fingerprint density at radius 3 is 2.78 bits per heavy atom. The van der Waals surface area contributed by atoms with Crippen LogP contribution in [0.4, 0.5) is 13.2 Å². The van der Waals surface area contributed by atoms with E-state index in [9.17, 15) is 22.8 Å². The number of fused-ring (bicyclic) bond motifs is 1. The molecule has 0 aliphatic heterocycles. The average Bonchev–Trinajstić information content (AvgIpc) is 3.10. The lowest BCUT2D eigenvalue weighted by Gasteiger charge is -2.35. The van der Waals surface area contributed by atoms with Crippen molar-refractivity contribution in [2.75, 3.05) is 0 Å². The van der Waals surface area contributed by atoms with Crippen LogP contribution in [0.25, 0.3) is 10.2 Å².